The maximum absolute atomic E-state index is 3.45. The third kappa shape index (κ3) is 2.47. The number of nitrogens with zero attached hydrogens (tertiary/aromatic N) is 1. The Bertz CT molecular complexity index is 340. The SMILES string of the molecule is CNCC1CCCCN1C(C)C12CC3CC(CC(C3)C1)C2. The zero-order valence-corrected chi connectivity index (χ0v) is 14.1. The highest BCUT2D eigenvalue weighted by molar-refractivity contribution is 5.06. The molecule has 2 heteroatoms. The number of rotatable bonds is 4. The number of hydrogen-bond donors (Lipinski definition) is 1. The van der Waals surface area contributed by atoms with Gasteiger partial charge in [-0.25, -0.2) is 0 Å². The molecule has 0 radical (unpaired) electrons. The fourth-order valence-corrected chi connectivity index (χ4v) is 7.03. The first-order chi connectivity index (χ1) is 10.2. The molecule has 1 aliphatic heterocycles. The van der Waals surface area contributed by atoms with Gasteiger partial charge in [0, 0.05) is 18.6 Å². The molecule has 2 unspecified atom stereocenters. The van der Waals surface area contributed by atoms with E-state index in [9.17, 15) is 0 Å². The number of likely N-dealkylation sites (N-methyl/N-ethyl adjacent to an activating group) is 1. The fourth-order valence-electron chi connectivity index (χ4n) is 7.03. The van der Waals surface area contributed by atoms with Gasteiger partial charge in [-0.05, 0) is 95.1 Å². The van der Waals surface area contributed by atoms with Crippen molar-refractivity contribution >= 4 is 0 Å². The minimum atomic E-state index is 0.693. The minimum Gasteiger partial charge on any atom is -0.318 e. The molecule has 120 valence electrons. The van der Waals surface area contributed by atoms with Crippen LogP contribution in [0.15, 0.2) is 0 Å². The minimum absolute atomic E-state index is 0.693. The lowest BCUT2D eigenvalue weighted by atomic mass is 9.47. The maximum atomic E-state index is 3.45. The quantitative estimate of drug-likeness (QED) is 0.850. The summed E-state index contributed by atoms with van der Waals surface area (Å²) in [6.07, 6.45) is 13.7. The lowest BCUT2D eigenvalue weighted by molar-refractivity contribution is -0.108. The van der Waals surface area contributed by atoms with E-state index >= 15 is 0 Å². The van der Waals surface area contributed by atoms with Crippen LogP contribution in [-0.2, 0) is 0 Å². The van der Waals surface area contributed by atoms with Crippen molar-refractivity contribution < 1.29 is 0 Å². The molecule has 0 amide bonds. The molecule has 21 heavy (non-hydrogen) atoms. The largest absolute Gasteiger partial charge is 0.318 e. The molecule has 1 N–H and O–H groups in total. The molecule has 0 aromatic rings. The van der Waals surface area contributed by atoms with Gasteiger partial charge >= 0.3 is 0 Å². The van der Waals surface area contributed by atoms with Crippen molar-refractivity contribution in [1.82, 2.24) is 10.2 Å². The summed E-state index contributed by atoms with van der Waals surface area (Å²) in [5, 5.41) is 3.45. The highest BCUT2D eigenvalue weighted by Crippen LogP contribution is 2.62. The van der Waals surface area contributed by atoms with Crippen LogP contribution in [0, 0.1) is 23.2 Å². The first kappa shape index (κ1) is 14.5. The van der Waals surface area contributed by atoms with Gasteiger partial charge in [0.05, 0.1) is 0 Å². The van der Waals surface area contributed by atoms with Gasteiger partial charge in [-0.1, -0.05) is 6.42 Å². The van der Waals surface area contributed by atoms with E-state index in [2.05, 4.69) is 24.2 Å². The smallest absolute Gasteiger partial charge is 0.0223 e. The van der Waals surface area contributed by atoms with Crippen LogP contribution in [-0.4, -0.2) is 37.1 Å². The van der Waals surface area contributed by atoms with Crippen LogP contribution in [0.4, 0.5) is 0 Å². The fraction of sp³-hybridized carbons (Fsp3) is 1.00. The Balaban J connectivity index is 1.54. The van der Waals surface area contributed by atoms with Crippen LogP contribution >= 0.6 is 0 Å². The van der Waals surface area contributed by atoms with Gasteiger partial charge < -0.3 is 5.32 Å². The molecular formula is C19H34N2. The van der Waals surface area contributed by atoms with Crippen LogP contribution in [0.1, 0.15) is 64.7 Å². The second-order valence-corrected chi connectivity index (χ2v) is 8.90. The summed E-state index contributed by atoms with van der Waals surface area (Å²) in [6, 6.07) is 1.62. The van der Waals surface area contributed by atoms with Crippen LogP contribution in [0.5, 0.6) is 0 Å². The summed E-state index contributed by atoms with van der Waals surface area (Å²) in [5.41, 5.74) is 0.693. The van der Waals surface area contributed by atoms with E-state index in [4.69, 9.17) is 0 Å². The van der Waals surface area contributed by atoms with Crippen LogP contribution in [0.3, 0.4) is 0 Å². The molecule has 4 bridgehead atoms. The third-order valence-electron chi connectivity index (χ3n) is 7.58. The van der Waals surface area contributed by atoms with Crippen molar-refractivity contribution in [1.29, 1.82) is 0 Å². The van der Waals surface area contributed by atoms with E-state index in [1.165, 1.54) is 32.4 Å². The van der Waals surface area contributed by atoms with E-state index in [0.29, 0.717) is 5.41 Å². The Morgan fingerprint density at radius 1 is 1.05 bits per heavy atom. The van der Waals surface area contributed by atoms with E-state index in [1.54, 1.807) is 38.5 Å². The van der Waals surface area contributed by atoms with Gasteiger partial charge in [-0.15, -0.1) is 0 Å². The number of nitrogens with one attached hydrogen (secondary N) is 1. The topological polar surface area (TPSA) is 15.3 Å². The van der Waals surface area contributed by atoms with Gasteiger partial charge in [0.25, 0.3) is 0 Å². The highest BCUT2D eigenvalue weighted by atomic mass is 15.2. The lowest BCUT2D eigenvalue weighted by Gasteiger charge is -2.61. The monoisotopic (exact) mass is 290 g/mol. The molecule has 2 atom stereocenters. The van der Waals surface area contributed by atoms with Crippen molar-refractivity contribution in [2.75, 3.05) is 20.1 Å². The Morgan fingerprint density at radius 3 is 2.24 bits per heavy atom. The Hall–Kier alpha value is -0.0800. The lowest BCUT2D eigenvalue weighted by Crippen LogP contribution is -2.59. The normalized spacial score (nSPS) is 47.7. The average Bonchev–Trinajstić information content (AvgIpc) is 2.46. The highest BCUT2D eigenvalue weighted by Gasteiger charge is 2.54. The summed E-state index contributed by atoms with van der Waals surface area (Å²) < 4.78 is 0. The molecule has 4 saturated carbocycles. The third-order valence-corrected chi connectivity index (χ3v) is 7.58. The molecule has 2 nitrogen and oxygen atoms in total. The standard InChI is InChI=1S/C19H34N2/c1-14(21-6-4-3-5-18(21)13-20-2)19-10-15-7-16(11-19)9-17(8-15)12-19/h14-18,20H,3-13H2,1-2H3. The van der Waals surface area contributed by atoms with E-state index < -0.39 is 0 Å². The van der Waals surface area contributed by atoms with Gasteiger partial charge in [0.2, 0.25) is 0 Å². The number of hydrogen-bond acceptors (Lipinski definition) is 2. The first-order valence-corrected chi connectivity index (χ1v) is 9.60. The molecule has 0 spiro atoms. The molecule has 1 saturated heterocycles. The number of piperidine rings is 1. The van der Waals surface area contributed by atoms with E-state index in [-0.39, 0.29) is 0 Å². The van der Waals surface area contributed by atoms with Crippen LogP contribution in [0.25, 0.3) is 0 Å². The van der Waals surface area contributed by atoms with E-state index in [1.807, 2.05) is 0 Å². The predicted molar refractivity (Wildman–Crippen MR) is 88.3 cm³/mol. The van der Waals surface area contributed by atoms with Gasteiger partial charge in [-0.2, -0.15) is 0 Å². The van der Waals surface area contributed by atoms with Crippen molar-refractivity contribution in [3.8, 4) is 0 Å². The van der Waals surface area contributed by atoms with Gasteiger partial charge in [0.1, 0.15) is 0 Å². The van der Waals surface area contributed by atoms with Crippen molar-refractivity contribution in [2.45, 2.75) is 76.8 Å². The molecule has 5 fully saturated rings. The van der Waals surface area contributed by atoms with Crippen LogP contribution < -0.4 is 5.32 Å². The van der Waals surface area contributed by atoms with Crippen molar-refractivity contribution in [3.63, 3.8) is 0 Å². The van der Waals surface area contributed by atoms with Crippen LogP contribution in [0.2, 0.25) is 0 Å². The summed E-state index contributed by atoms with van der Waals surface area (Å²) >= 11 is 0. The molecule has 1 heterocycles. The summed E-state index contributed by atoms with van der Waals surface area (Å²) in [4.78, 5) is 2.92. The van der Waals surface area contributed by atoms with Gasteiger partial charge in [0.15, 0.2) is 0 Å². The predicted octanol–water partition coefficient (Wildman–Crippen LogP) is 3.67. The maximum Gasteiger partial charge on any atom is 0.0223 e. The molecule has 0 aromatic heterocycles. The average molecular weight is 290 g/mol. The Kier molecular flexibility index (Phi) is 3.82. The first-order valence-electron chi connectivity index (χ1n) is 9.60. The molecular weight excluding hydrogens is 256 g/mol. The molecule has 5 aliphatic rings. The van der Waals surface area contributed by atoms with Gasteiger partial charge in [-0.3, -0.25) is 4.90 Å². The second kappa shape index (κ2) is 5.53. The zero-order valence-electron chi connectivity index (χ0n) is 14.1. The Morgan fingerprint density at radius 2 is 1.67 bits per heavy atom. The van der Waals surface area contributed by atoms with E-state index in [0.717, 1.165) is 29.8 Å². The second-order valence-electron chi connectivity index (χ2n) is 8.90. The van der Waals surface area contributed by atoms with Crippen molar-refractivity contribution in [3.05, 3.63) is 0 Å². The summed E-state index contributed by atoms with van der Waals surface area (Å²) in [5.74, 6) is 3.27. The number of likely N-dealkylation sites (tertiary alicyclic amines) is 1. The summed E-state index contributed by atoms with van der Waals surface area (Å²) in [7, 11) is 2.13. The molecule has 4 aliphatic carbocycles. The molecule has 5 rings (SSSR count). The zero-order chi connectivity index (χ0) is 14.4. The Labute approximate surface area is 131 Å². The summed E-state index contributed by atoms with van der Waals surface area (Å²) in [6.45, 7) is 5.15. The molecule has 0 aromatic carbocycles. The van der Waals surface area contributed by atoms with Crippen molar-refractivity contribution in [2.24, 2.45) is 23.2 Å².